The first-order valence-electron chi connectivity index (χ1n) is 10.7. The molecule has 0 saturated carbocycles. The number of hydrogen-bond acceptors (Lipinski definition) is 7. The average molecular weight is 442 g/mol. The van der Waals surface area contributed by atoms with E-state index < -0.39 is 36.6 Å². The number of aliphatic hydroxyl groups is 2. The van der Waals surface area contributed by atoms with Crippen LogP contribution in [0.1, 0.15) is 51.5 Å². The zero-order valence-electron chi connectivity index (χ0n) is 18.9. The number of hydrogen-bond donors (Lipinski definition) is 3. The van der Waals surface area contributed by atoms with E-state index in [4.69, 9.17) is 14.0 Å². The summed E-state index contributed by atoms with van der Waals surface area (Å²) in [6.45, 7) is 8.20. The van der Waals surface area contributed by atoms with Crippen LogP contribution in [0.2, 0.25) is 0 Å². The summed E-state index contributed by atoms with van der Waals surface area (Å²) < 4.78 is 17.1. The first-order chi connectivity index (χ1) is 15.1. The molecule has 32 heavy (non-hydrogen) atoms. The van der Waals surface area contributed by atoms with Crippen LogP contribution in [0.15, 0.2) is 48.7 Å². The Hall–Kier alpha value is -2.46. The smallest absolute Gasteiger partial charge is 0.445 e. The van der Waals surface area contributed by atoms with Crippen LogP contribution in [-0.2, 0) is 20.7 Å². The number of aliphatic hydroxyl groups excluding tert-OH is 2. The van der Waals surface area contributed by atoms with Crippen molar-refractivity contribution < 1.29 is 29.1 Å². The fourth-order valence-electron chi connectivity index (χ4n) is 3.16. The number of carbonyl (C=O) groups excluding carboxylic acids is 1. The SMILES string of the molecule is CC1(C)OB(c2ccc(C(O)C(O)CCNC(=O)OCc3ccccc3)nc2)OC1(C)C. The predicted octanol–water partition coefficient (Wildman–Crippen LogP) is 2.09. The first kappa shape index (κ1) is 24.2. The third-order valence-corrected chi connectivity index (χ3v) is 5.92. The normalized spacial score (nSPS) is 18.8. The summed E-state index contributed by atoms with van der Waals surface area (Å²) in [5.41, 5.74) is 1.03. The topological polar surface area (TPSA) is 110 Å². The minimum atomic E-state index is -1.19. The summed E-state index contributed by atoms with van der Waals surface area (Å²) in [5.74, 6) is 0. The molecule has 2 atom stereocenters. The van der Waals surface area contributed by atoms with Gasteiger partial charge in [-0.3, -0.25) is 4.98 Å². The van der Waals surface area contributed by atoms with Crippen LogP contribution in [-0.4, -0.2) is 52.3 Å². The summed E-state index contributed by atoms with van der Waals surface area (Å²) in [4.78, 5) is 16.0. The number of amides is 1. The van der Waals surface area contributed by atoms with Crippen molar-refractivity contribution in [1.82, 2.24) is 10.3 Å². The van der Waals surface area contributed by atoms with Gasteiger partial charge in [0.25, 0.3) is 0 Å². The van der Waals surface area contributed by atoms with E-state index in [1.165, 1.54) is 0 Å². The molecule has 1 amide bonds. The van der Waals surface area contributed by atoms with Gasteiger partial charge in [0.2, 0.25) is 0 Å². The molecule has 1 aromatic carbocycles. The van der Waals surface area contributed by atoms with E-state index in [1.807, 2.05) is 58.0 Å². The summed E-state index contributed by atoms with van der Waals surface area (Å²) >= 11 is 0. The summed E-state index contributed by atoms with van der Waals surface area (Å²) in [5, 5.41) is 23.3. The van der Waals surface area contributed by atoms with Gasteiger partial charge in [-0.05, 0) is 45.7 Å². The van der Waals surface area contributed by atoms with Gasteiger partial charge < -0.3 is 29.6 Å². The molecule has 1 saturated heterocycles. The predicted molar refractivity (Wildman–Crippen MR) is 120 cm³/mol. The lowest BCUT2D eigenvalue weighted by atomic mass is 9.80. The van der Waals surface area contributed by atoms with E-state index in [0.29, 0.717) is 5.69 Å². The third-order valence-electron chi connectivity index (χ3n) is 5.92. The fraction of sp³-hybridized carbons (Fsp3) is 0.478. The Morgan fingerprint density at radius 1 is 1.09 bits per heavy atom. The number of benzene rings is 1. The van der Waals surface area contributed by atoms with E-state index >= 15 is 0 Å². The van der Waals surface area contributed by atoms with Gasteiger partial charge in [-0.15, -0.1) is 0 Å². The number of ether oxygens (including phenoxy) is 1. The molecule has 1 aliphatic rings. The van der Waals surface area contributed by atoms with Crippen molar-refractivity contribution in [3.8, 4) is 0 Å². The van der Waals surface area contributed by atoms with Crippen LogP contribution in [0.3, 0.4) is 0 Å². The molecule has 1 aromatic heterocycles. The monoisotopic (exact) mass is 442 g/mol. The number of rotatable bonds is 8. The minimum absolute atomic E-state index is 0.141. The van der Waals surface area contributed by atoms with E-state index in [9.17, 15) is 15.0 Å². The molecule has 2 aromatic rings. The summed E-state index contributed by atoms with van der Waals surface area (Å²) in [6.07, 6.45) is -1.15. The number of pyridine rings is 1. The van der Waals surface area contributed by atoms with Crippen molar-refractivity contribution in [2.75, 3.05) is 6.54 Å². The van der Waals surface area contributed by atoms with Gasteiger partial charge in [0.1, 0.15) is 12.7 Å². The van der Waals surface area contributed by atoms with Gasteiger partial charge >= 0.3 is 13.2 Å². The summed E-state index contributed by atoms with van der Waals surface area (Å²) in [7, 11) is -0.547. The molecular weight excluding hydrogens is 411 g/mol. The van der Waals surface area contributed by atoms with Gasteiger partial charge in [0.05, 0.1) is 23.0 Å². The van der Waals surface area contributed by atoms with Crippen molar-refractivity contribution in [3.63, 3.8) is 0 Å². The largest absolute Gasteiger partial charge is 0.496 e. The molecular formula is C23H31BN2O6. The number of nitrogens with one attached hydrogen (secondary N) is 1. The molecule has 0 spiro atoms. The average Bonchev–Trinajstić information content (AvgIpc) is 2.99. The highest BCUT2D eigenvalue weighted by molar-refractivity contribution is 6.62. The third kappa shape index (κ3) is 5.86. The molecule has 172 valence electrons. The quantitative estimate of drug-likeness (QED) is 0.537. The van der Waals surface area contributed by atoms with E-state index in [1.54, 1.807) is 18.3 Å². The molecule has 0 bridgehead atoms. The lowest BCUT2D eigenvalue weighted by Gasteiger charge is -2.32. The van der Waals surface area contributed by atoms with Gasteiger partial charge in [0, 0.05) is 18.2 Å². The lowest BCUT2D eigenvalue weighted by Crippen LogP contribution is -2.41. The maximum atomic E-state index is 11.8. The Labute approximate surface area is 189 Å². The highest BCUT2D eigenvalue weighted by Gasteiger charge is 2.51. The molecule has 8 nitrogen and oxygen atoms in total. The number of carbonyl (C=O) groups is 1. The number of nitrogens with zero attached hydrogens (tertiary/aromatic N) is 1. The Morgan fingerprint density at radius 3 is 2.34 bits per heavy atom. The Morgan fingerprint density at radius 2 is 1.75 bits per heavy atom. The molecule has 1 aliphatic heterocycles. The molecule has 0 aliphatic carbocycles. The number of alkyl carbamates (subject to hydrolysis) is 1. The van der Waals surface area contributed by atoms with Gasteiger partial charge in [-0.25, -0.2) is 4.79 Å². The minimum Gasteiger partial charge on any atom is -0.445 e. The zero-order chi connectivity index (χ0) is 23.4. The Balaban J connectivity index is 1.44. The summed E-state index contributed by atoms with van der Waals surface area (Å²) in [6, 6.07) is 12.7. The molecule has 1 fully saturated rings. The highest BCUT2D eigenvalue weighted by atomic mass is 16.7. The van der Waals surface area contributed by atoms with Gasteiger partial charge in [-0.2, -0.15) is 0 Å². The van der Waals surface area contributed by atoms with Crippen LogP contribution in [0.25, 0.3) is 0 Å². The molecule has 0 radical (unpaired) electrons. The van der Waals surface area contributed by atoms with E-state index in [-0.39, 0.29) is 19.6 Å². The standard InChI is InChI=1S/C23H31BN2O6/c1-22(2)23(3,4)32-24(31-22)17-10-11-18(26-14-17)20(28)19(27)12-13-25-21(29)30-15-16-8-6-5-7-9-16/h5-11,14,19-20,27-28H,12-13,15H2,1-4H3,(H,25,29). The molecule has 2 heterocycles. The maximum absolute atomic E-state index is 11.8. The van der Waals surface area contributed by atoms with E-state index in [2.05, 4.69) is 10.3 Å². The maximum Gasteiger partial charge on any atom is 0.496 e. The zero-order valence-corrected chi connectivity index (χ0v) is 18.9. The van der Waals surface area contributed by atoms with Crippen LogP contribution in [0.5, 0.6) is 0 Å². The van der Waals surface area contributed by atoms with Crippen LogP contribution in [0, 0.1) is 0 Å². The first-order valence-corrected chi connectivity index (χ1v) is 10.7. The second-order valence-corrected chi connectivity index (χ2v) is 8.89. The lowest BCUT2D eigenvalue weighted by molar-refractivity contribution is 0.00578. The van der Waals surface area contributed by atoms with Crippen molar-refractivity contribution in [1.29, 1.82) is 0 Å². The van der Waals surface area contributed by atoms with E-state index in [0.717, 1.165) is 11.0 Å². The molecule has 2 unspecified atom stereocenters. The van der Waals surface area contributed by atoms with Crippen LogP contribution >= 0.6 is 0 Å². The van der Waals surface area contributed by atoms with Crippen molar-refractivity contribution in [2.45, 2.75) is 64.1 Å². The van der Waals surface area contributed by atoms with Crippen molar-refractivity contribution in [2.24, 2.45) is 0 Å². The molecule has 3 rings (SSSR count). The van der Waals surface area contributed by atoms with Crippen molar-refractivity contribution >= 4 is 18.7 Å². The highest BCUT2D eigenvalue weighted by Crippen LogP contribution is 2.36. The Bertz CT molecular complexity index is 875. The fourth-order valence-corrected chi connectivity index (χ4v) is 3.16. The van der Waals surface area contributed by atoms with Crippen LogP contribution in [0.4, 0.5) is 4.79 Å². The van der Waals surface area contributed by atoms with Crippen LogP contribution < -0.4 is 10.8 Å². The van der Waals surface area contributed by atoms with Gasteiger partial charge in [-0.1, -0.05) is 36.4 Å². The molecule has 3 N–H and O–H groups in total. The second-order valence-electron chi connectivity index (χ2n) is 8.89. The number of aromatic nitrogens is 1. The molecule has 9 heteroatoms. The van der Waals surface area contributed by atoms with Gasteiger partial charge in [0.15, 0.2) is 0 Å². The Kier molecular flexibility index (Phi) is 7.56. The van der Waals surface area contributed by atoms with Crippen molar-refractivity contribution in [3.05, 3.63) is 59.9 Å². The second kappa shape index (κ2) is 10.00.